The van der Waals surface area contributed by atoms with Gasteiger partial charge in [-0.3, -0.25) is 10.1 Å². The minimum Gasteiger partial charge on any atom is -0.369 e. The molecule has 0 amide bonds. The van der Waals surface area contributed by atoms with Crippen molar-refractivity contribution in [1.29, 1.82) is 0 Å². The Balaban J connectivity index is 1.67. The second-order valence-corrected chi connectivity index (χ2v) is 6.50. The van der Waals surface area contributed by atoms with Crippen LogP contribution in [0.15, 0.2) is 53.2 Å². The van der Waals surface area contributed by atoms with Gasteiger partial charge >= 0.3 is 5.00 Å². The predicted molar refractivity (Wildman–Crippen MR) is 98.2 cm³/mol. The van der Waals surface area contributed by atoms with Gasteiger partial charge in [-0.1, -0.05) is 35.5 Å². The Morgan fingerprint density at radius 3 is 2.77 bits per heavy atom. The van der Waals surface area contributed by atoms with Gasteiger partial charge in [0.1, 0.15) is 10.6 Å². The summed E-state index contributed by atoms with van der Waals surface area (Å²) < 4.78 is 5.12. The van der Waals surface area contributed by atoms with E-state index in [0.29, 0.717) is 34.2 Å². The van der Waals surface area contributed by atoms with Crippen LogP contribution in [0.2, 0.25) is 0 Å². The maximum Gasteiger partial charge on any atom is 0.326 e. The summed E-state index contributed by atoms with van der Waals surface area (Å²) in [7, 11) is 0. The average molecular weight is 367 g/mol. The van der Waals surface area contributed by atoms with Crippen LogP contribution in [0, 0.1) is 10.1 Å². The van der Waals surface area contributed by atoms with E-state index in [2.05, 4.69) is 20.4 Å². The second-order valence-electron chi connectivity index (χ2n) is 5.50. The molecule has 0 saturated carbocycles. The Morgan fingerprint density at radius 2 is 2.04 bits per heavy atom. The fraction of sp³-hybridized carbons (Fsp3) is 0.118. The highest BCUT2D eigenvalue weighted by atomic mass is 32.1. The first-order valence-corrected chi connectivity index (χ1v) is 8.67. The lowest BCUT2D eigenvalue weighted by Crippen LogP contribution is -2.07. The van der Waals surface area contributed by atoms with Crippen molar-refractivity contribution in [1.82, 2.24) is 15.1 Å². The molecule has 3 heterocycles. The van der Waals surface area contributed by atoms with Gasteiger partial charge < -0.3 is 9.84 Å². The van der Waals surface area contributed by atoms with E-state index in [1.54, 1.807) is 6.07 Å². The summed E-state index contributed by atoms with van der Waals surface area (Å²) in [6.07, 6.45) is 2.30. The summed E-state index contributed by atoms with van der Waals surface area (Å²) in [4.78, 5) is 20.1. The van der Waals surface area contributed by atoms with Crippen LogP contribution < -0.4 is 5.32 Å². The minimum atomic E-state index is -0.422. The first-order valence-electron chi connectivity index (χ1n) is 7.85. The summed E-state index contributed by atoms with van der Waals surface area (Å²) in [5.41, 5.74) is 1.19. The van der Waals surface area contributed by atoms with Gasteiger partial charge in [-0.2, -0.15) is 0 Å². The third-order valence-electron chi connectivity index (χ3n) is 3.77. The van der Waals surface area contributed by atoms with Crippen LogP contribution >= 0.6 is 11.3 Å². The maximum atomic E-state index is 11.1. The number of nitrogens with one attached hydrogen (secondary N) is 1. The van der Waals surface area contributed by atoms with Gasteiger partial charge in [-0.25, -0.2) is 9.97 Å². The molecule has 3 aromatic heterocycles. The smallest absolute Gasteiger partial charge is 0.326 e. The third-order valence-corrected chi connectivity index (χ3v) is 4.75. The van der Waals surface area contributed by atoms with Crippen molar-refractivity contribution in [2.75, 3.05) is 11.9 Å². The third kappa shape index (κ3) is 3.24. The summed E-state index contributed by atoms with van der Waals surface area (Å²) >= 11 is 1.01. The van der Waals surface area contributed by atoms with Crippen molar-refractivity contribution in [3.05, 3.63) is 64.3 Å². The van der Waals surface area contributed by atoms with E-state index in [0.717, 1.165) is 17.8 Å². The fourth-order valence-electron chi connectivity index (χ4n) is 2.54. The molecule has 1 N–H and O–H groups in total. The normalized spacial score (nSPS) is 10.9. The first-order chi connectivity index (χ1) is 12.7. The van der Waals surface area contributed by atoms with Crippen LogP contribution in [-0.4, -0.2) is 26.6 Å². The van der Waals surface area contributed by atoms with Crippen molar-refractivity contribution in [2.45, 2.75) is 6.42 Å². The molecule has 26 heavy (non-hydrogen) atoms. The van der Waals surface area contributed by atoms with Gasteiger partial charge in [0, 0.05) is 18.7 Å². The minimum absolute atomic E-state index is 0.0233. The van der Waals surface area contributed by atoms with Crippen molar-refractivity contribution >= 4 is 32.4 Å². The van der Waals surface area contributed by atoms with Crippen molar-refractivity contribution in [3.63, 3.8) is 0 Å². The highest BCUT2D eigenvalue weighted by Gasteiger charge is 2.19. The zero-order valence-corrected chi connectivity index (χ0v) is 14.3. The molecule has 9 heteroatoms. The molecule has 0 aliphatic heterocycles. The SMILES string of the molecule is O=[N+]([O-])c1cc2c(NCCc3ccccc3)nc(-c3ccno3)nc2s1. The van der Waals surface area contributed by atoms with Crippen LogP contribution in [0.3, 0.4) is 0 Å². The molecule has 1 aromatic carbocycles. The Hall–Kier alpha value is -3.33. The second kappa shape index (κ2) is 6.89. The Labute approximate surface area is 151 Å². The number of aromatic nitrogens is 3. The molecule has 0 saturated heterocycles. The van der Waals surface area contributed by atoms with Crippen LogP contribution in [0.5, 0.6) is 0 Å². The lowest BCUT2D eigenvalue weighted by Gasteiger charge is -2.08. The molecule has 8 nitrogen and oxygen atoms in total. The molecular formula is C17H13N5O3S. The molecule has 0 bridgehead atoms. The molecule has 0 fully saturated rings. The van der Waals surface area contributed by atoms with Gasteiger partial charge in [-0.05, 0) is 23.3 Å². The van der Waals surface area contributed by atoms with E-state index in [1.165, 1.54) is 17.8 Å². The number of benzene rings is 1. The standard InChI is InChI=1S/C17H13N5O3S/c23-22(24)14-10-12-15(18-8-6-11-4-2-1-3-5-11)20-16(21-17(12)26-14)13-7-9-19-25-13/h1-5,7,9-10H,6,8H2,(H,18,20,21). The predicted octanol–water partition coefficient (Wildman–Crippen LogP) is 3.91. The van der Waals surface area contributed by atoms with Crippen LogP contribution in [0.1, 0.15) is 5.56 Å². The summed E-state index contributed by atoms with van der Waals surface area (Å²) in [6.45, 7) is 0.635. The van der Waals surface area contributed by atoms with Gasteiger partial charge in [0.15, 0.2) is 0 Å². The molecule has 0 radical (unpaired) electrons. The van der Waals surface area contributed by atoms with Crippen LogP contribution in [0.4, 0.5) is 10.8 Å². The average Bonchev–Trinajstić information content (AvgIpc) is 3.32. The monoisotopic (exact) mass is 367 g/mol. The summed E-state index contributed by atoms with van der Waals surface area (Å²) in [6, 6.07) is 13.2. The number of fused-ring (bicyclic) bond motifs is 1. The molecule has 0 aliphatic rings. The largest absolute Gasteiger partial charge is 0.369 e. The molecule has 4 rings (SSSR count). The van der Waals surface area contributed by atoms with Gasteiger partial charge in [-0.15, -0.1) is 0 Å². The van der Waals surface area contributed by atoms with E-state index in [4.69, 9.17) is 4.52 Å². The lowest BCUT2D eigenvalue weighted by molar-refractivity contribution is -0.380. The number of rotatable bonds is 6. The van der Waals surface area contributed by atoms with Crippen molar-refractivity contribution in [3.8, 4) is 11.6 Å². The highest BCUT2D eigenvalue weighted by Crippen LogP contribution is 2.35. The number of nitro groups is 1. The number of nitrogens with zero attached hydrogens (tertiary/aromatic N) is 4. The topological polar surface area (TPSA) is 107 Å². The summed E-state index contributed by atoms with van der Waals surface area (Å²) in [5.74, 6) is 1.30. The van der Waals surface area contributed by atoms with E-state index >= 15 is 0 Å². The zero-order valence-electron chi connectivity index (χ0n) is 13.5. The molecular weight excluding hydrogens is 354 g/mol. The Kier molecular flexibility index (Phi) is 4.28. The number of hydrogen-bond acceptors (Lipinski definition) is 8. The van der Waals surface area contributed by atoms with Crippen molar-refractivity contribution < 1.29 is 9.45 Å². The van der Waals surface area contributed by atoms with E-state index in [9.17, 15) is 10.1 Å². The lowest BCUT2D eigenvalue weighted by atomic mass is 10.1. The van der Waals surface area contributed by atoms with E-state index < -0.39 is 4.92 Å². The maximum absolute atomic E-state index is 11.1. The molecule has 4 aromatic rings. The Morgan fingerprint density at radius 1 is 1.19 bits per heavy atom. The van der Waals surface area contributed by atoms with Crippen LogP contribution in [0.25, 0.3) is 21.8 Å². The van der Waals surface area contributed by atoms with E-state index in [1.807, 2.05) is 30.3 Å². The number of thiophene rings is 1. The Bertz CT molecular complexity index is 1050. The van der Waals surface area contributed by atoms with Gasteiger partial charge in [0.2, 0.25) is 11.6 Å². The van der Waals surface area contributed by atoms with Gasteiger partial charge in [0.25, 0.3) is 0 Å². The quantitative estimate of drug-likeness (QED) is 0.407. The molecule has 130 valence electrons. The highest BCUT2D eigenvalue weighted by molar-refractivity contribution is 7.21. The molecule has 0 atom stereocenters. The fourth-order valence-corrected chi connectivity index (χ4v) is 3.39. The molecule has 0 spiro atoms. The number of anilines is 1. The number of hydrogen-bond donors (Lipinski definition) is 1. The van der Waals surface area contributed by atoms with Gasteiger partial charge in [0.05, 0.1) is 16.5 Å². The molecule has 0 unspecified atom stereocenters. The summed E-state index contributed by atoms with van der Waals surface area (Å²) in [5, 5.41) is 18.7. The zero-order chi connectivity index (χ0) is 17.9. The van der Waals surface area contributed by atoms with Crippen molar-refractivity contribution in [2.24, 2.45) is 0 Å². The molecule has 0 aliphatic carbocycles. The van der Waals surface area contributed by atoms with E-state index in [-0.39, 0.29) is 5.00 Å². The van der Waals surface area contributed by atoms with Crippen LogP contribution in [-0.2, 0) is 6.42 Å². The first kappa shape index (κ1) is 16.2.